The second-order valence-electron chi connectivity index (χ2n) is 3.27. The van der Waals surface area contributed by atoms with E-state index < -0.39 is 0 Å². The predicted molar refractivity (Wildman–Crippen MR) is 49.7 cm³/mol. The second-order valence-corrected chi connectivity index (χ2v) is 3.27. The van der Waals surface area contributed by atoms with E-state index in [1.54, 1.807) is 0 Å². The summed E-state index contributed by atoms with van der Waals surface area (Å²) in [4.78, 5) is 15.3. The second kappa shape index (κ2) is 3.79. The van der Waals surface area contributed by atoms with Crippen molar-refractivity contribution in [1.82, 2.24) is 14.9 Å². The molecule has 0 bridgehead atoms. The molecule has 1 aromatic rings. The Morgan fingerprint density at radius 1 is 1.79 bits per heavy atom. The highest BCUT2D eigenvalue weighted by Gasteiger charge is 2.13. The van der Waals surface area contributed by atoms with Gasteiger partial charge in [-0.25, -0.2) is 4.98 Å². The van der Waals surface area contributed by atoms with Crippen molar-refractivity contribution in [3.63, 3.8) is 0 Å². The van der Waals surface area contributed by atoms with Gasteiger partial charge in [0.15, 0.2) is 0 Å². The molecule has 1 aromatic heterocycles. The fourth-order valence-electron chi connectivity index (χ4n) is 1.55. The van der Waals surface area contributed by atoms with Crippen LogP contribution >= 0.6 is 0 Å². The normalized spacial score (nSPS) is 14.9. The number of imidazole rings is 1. The van der Waals surface area contributed by atoms with Crippen LogP contribution in [0, 0.1) is 0 Å². The summed E-state index contributed by atoms with van der Waals surface area (Å²) in [6.45, 7) is 2.66. The Morgan fingerprint density at radius 2 is 2.64 bits per heavy atom. The molecule has 0 aliphatic carbocycles. The Morgan fingerprint density at radius 3 is 3.36 bits per heavy atom. The first-order valence-electron chi connectivity index (χ1n) is 4.62. The minimum Gasteiger partial charge on any atom is -0.469 e. The molecule has 0 unspecified atom stereocenters. The lowest BCUT2D eigenvalue weighted by Crippen LogP contribution is -2.27. The molecule has 76 valence electrons. The molecule has 0 saturated heterocycles. The Hall–Kier alpha value is -1.36. The van der Waals surface area contributed by atoms with Crippen LogP contribution in [0.3, 0.4) is 0 Å². The molecule has 1 aliphatic rings. The lowest BCUT2D eigenvalue weighted by Gasteiger charge is -2.13. The number of rotatable bonds is 2. The van der Waals surface area contributed by atoms with Crippen LogP contribution in [-0.4, -0.2) is 29.2 Å². The number of ether oxygens (including phenoxy) is 1. The van der Waals surface area contributed by atoms with Crippen molar-refractivity contribution in [1.29, 1.82) is 0 Å². The predicted octanol–water partition coefficient (Wildman–Crippen LogP) is -0.298. The fourth-order valence-corrected chi connectivity index (χ4v) is 1.55. The minimum absolute atomic E-state index is 0.242. The summed E-state index contributed by atoms with van der Waals surface area (Å²) in [7, 11) is 1.39. The molecule has 5 nitrogen and oxygen atoms in total. The van der Waals surface area contributed by atoms with Crippen LogP contribution in [0.1, 0.15) is 11.5 Å². The third kappa shape index (κ3) is 1.77. The van der Waals surface area contributed by atoms with Crippen molar-refractivity contribution in [2.75, 3.05) is 13.7 Å². The minimum atomic E-state index is -0.242. The number of fused-ring (bicyclic) bond motifs is 1. The fraction of sp³-hybridized carbons (Fsp3) is 0.556. The average molecular weight is 195 g/mol. The van der Waals surface area contributed by atoms with Gasteiger partial charge in [-0.15, -0.1) is 0 Å². The third-order valence-corrected chi connectivity index (χ3v) is 2.27. The van der Waals surface area contributed by atoms with Crippen molar-refractivity contribution in [2.45, 2.75) is 19.5 Å². The molecule has 0 fully saturated rings. The van der Waals surface area contributed by atoms with E-state index in [0.717, 1.165) is 31.2 Å². The van der Waals surface area contributed by atoms with E-state index in [-0.39, 0.29) is 12.4 Å². The average Bonchev–Trinajstić information content (AvgIpc) is 2.59. The number of carbonyl (C=O) groups is 1. The molecular formula is C9H13N3O2. The highest BCUT2D eigenvalue weighted by atomic mass is 16.5. The zero-order chi connectivity index (χ0) is 9.97. The summed E-state index contributed by atoms with van der Waals surface area (Å²) in [5.41, 5.74) is 0.788. The number of nitrogens with one attached hydrogen (secondary N) is 1. The van der Waals surface area contributed by atoms with E-state index in [1.165, 1.54) is 7.11 Å². The van der Waals surface area contributed by atoms with Gasteiger partial charge < -0.3 is 14.6 Å². The molecule has 0 amide bonds. The molecule has 0 atom stereocenters. The van der Waals surface area contributed by atoms with E-state index in [9.17, 15) is 4.79 Å². The molecule has 1 aliphatic heterocycles. The maximum Gasteiger partial charge on any atom is 0.311 e. The molecule has 2 heterocycles. The lowest BCUT2D eigenvalue weighted by atomic mass is 10.3. The van der Waals surface area contributed by atoms with Gasteiger partial charge in [0.1, 0.15) is 5.82 Å². The van der Waals surface area contributed by atoms with Crippen molar-refractivity contribution >= 4 is 5.97 Å². The first-order valence-corrected chi connectivity index (χ1v) is 4.62. The number of hydrogen-bond donors (Lipinski definition) is 1. The Kier molecular flexibility index (Phi) is 2.49. The van der Waals surface area contributed by atoms with Gasteiger partial charge in [0, 0.05) is 19.3 Å². The quantitative estimate of drug-likeness (QED) is 0.658. The number of hydrogen-bond acceptors (Lipinski definition) is 4. The molecule has 0 radical (unpaired) electrons. The third-order valence-electron chi connectivity index (χ3n) is 2.27. The Labute approximate surface area is 82.1 Å². The Bertz CT molecular complexity index is 322. The monoisotopic (exact) mass is 195 g/mol. The zero-order valence-corrected chi connectivity index (χ0v) is 8.12. The van der Waals surface area contributed by atoms with E-state index in [2.05, 4.69) is 19.6 Å². The van der Waals surface area contributed by atoms with E-state index >= 15 is 0 Å². The largest absolute Gasteiger partial charge is 0.469 e. The van der Waals surface area contributed by atoms with Gasteiger partial charge in [-0.3, -0.25) is 4.79 Å². The summed E-state index contributed by atoms with van der Waals surface area (Å²) >= 11 is 0. The van der Waals surface area contributed by atoms with Crippen LogP contribution in [0.5, 0.6) is 0 Å². The first kappa shape index (κ1) is 9.21. The number of methoxy groups -OCH3 is 1. The SMILES string of the molecule is COC(=O)Cc1cn2c(n1)CNCC2. The highest BCUT2D eigenvalue weighted by Crippen LogP contribution is 2.07. The van der Waals surface area contributed by atoms with Crippen LogP contribution in [0.25, 0.3) is 0 Å². The van der Waals surface area contributed by atoms with Gasteiger partial charge in [-0.1, -0.05) is 0 Å². The van der Waals surface area contributed by atoms with Crippen LogP contribution in [0.4, 0.5) is 0 Å². The van der Waals surface area contributed by atoms with Crippen molar-refractivity contribution < 1.29 is 9.53 Å². The molecule has 2 rings (SSSR count). The summed E-state index contributed by atoms with van der Waals surface area (Å²) < 4.78 is 6.66. The molecule has 0 spiro atoms. The van der Waals surface area contributed by atoms with Gasteiger partial charge >= 0.3 is 5.97 Å². The number of carbonyl (C=O) groups excluding carboxylic acids is 1. The summed E-state index contributed by atoms with van der Waals surface area (Å²) in [6.07, 6.45) is 2.18. The molecule has 14 heavy (non-hydrogen) atoms. The smallest absolute Gasteiger partial charge is 0.311 e. The molecular weight excluding hydrogens is 182 g/mol. The first-order chi connectivity index (χ1) is 6.79. The van der Waals surface area contributed by atoms with E-state index in [4.69, 9.17) is 0 Å². The van der Waals surface area contributed by atoms with Crippen LogP contribution in [0.2, 0.25) is 0 Å². The van der Waals surface area contributed by atoms with Gasteiger partial charge in [0.2, 0.25) is 0 Å². The van der Waals surface area contributed by atoms with Gasteiger partial charge in [-0.2, -0.15) is 0 Å². The van der Waals surface area contributed by atoms with Gasteiger partial charge in [0.25, 0.3) is 0 Å². The van der Waals surface area contributed by atoms with E-state index in [0.29, 0.717) is 0 Å². The van der Waals surface area contributed by atoms with Gasteiger partial charge in [-0.05, 0) is 0 Å². The topological polar surface area (TPSA) is 56.2 Å². The zero-order valence-electron chi connectivity index (χ0n) is 8.12. The Balaban J connectivity index is 2.12. The summed E-state index contributed by atoms with van der Waals surface area (Å²) in [6, 6.07) is 0. The van der Waals surface area contributed by atoms with Crippen molar-refractivity contribution in [3.05, 3.63) is 17.7 Å². The summed E-state index contributed by atoms with van der Waals surface area (Å²) in [5.74, 6) is 0.753. The maximum absolute atomic E-state index is 11.0. The van der Waals surface area contributed by atoms with Crippen LogP contribution in [0.15, 0.2) is 6.20 Å². The van der Waals surface area contributed by atoms with Gasteiger partial charge in [0.05, 0.1) is 25.8 Å². The lowest BCUT2D eigenvalue weighted by molar-refractivity contribution is -0.139. The van der Waals surface area contributed by atoms with Crippen molar-refractivity contribution in [3.8, 4) is 0 Å². The van der Waals surface area contributed by atoms with Crippen LogP contribution in [-0.2, 0) is 29.0 Å². The maximum atomic E-state index is 11.0. The van der Waals surface area contributed by atoms with Crippen molar-refractivity contribution in [2.24, 2.45) is 0 Å². The standard InChI is InChI=1S/C9H13N3O2/c1-14-9(13)4-7-6-12-3-2-10-5-8(12)11-7/h6,10H,2-5H2,1H3. The molecule has 1 N–H and O–H groups in total. The molecule has 0 aromatic carbocycles. The number of nitrogens with zero attached hydrogens (tertiary/aromatic N) is 2. The molecule has 0 saturated carbocycles. The van der Waals surface area contributed by atoms with E-state index in [1.807, 2.05) is 6.20 Å². The summed E-state index contributed by atoms with van der Waals surface area (Å²) in [5, 5.41) is 3.22. The number of esters is 1. The molecule has 5 heteroatoms. The highest BCUT2D eigenvalue weighted by molar-refractivity contribution is 5.71. The number of aromatic nitrogens is 2. The van der Waals surface area contributed by atoms with Crippen LogP contribution < -0.4 is 5.32 Å².